The monoisotopic (exact) mass is 337 g/mol. The van der Waals surface area contributed by atoms with E-state index in [0.717, 1.165) is 10.0 Å². The first kappa shape index (κ1) is 14.8. The van der Waals surface area contributed by atoms with Gasteiger partial charge < -0.3 is 10.4 Å². The lowest BCUT2D eigenvalue weighted by atomic mass is 9.82. The van der Waals surface area contributed by atoms with Crippen LogP contribution < -0.4 is 5.32 Å². The molecule has 0 aromatic heterocycles. The SMILES string of the molecule is Cc1ccc(Br)cc1NC(=O)C1CC=CCC1C(=O)O. The van der Waals surface area contributed by atoms with Crippen LogP contribution in [-0.2, 0) is 9.59 Å². The second kappa shape index (κ2) is 6.22. The van der Waals surface area contributed by atoms with Gasteiger partial charge in [0.25, 0.3) is 0 Å². The Labute approximate surface area is 126 Å². The smallest absolute Gasteiger partial charge is 0.307 e. The number of carbonyl (C=O) groups is 2. The minimum atomic E-state index is -0.916. The topological polar surface area (TPSA) is 66.4 Å². The van der Waals surface area contributed by atoms with E-state index in [0.29, 0.717) is 18.5 Å². The van der Waals surface area contributed by atoms with E-state index in [-0.39, 0.29) is 5.91 Å². The van der Waals surface area contributed by atoms with Crippen molar-refractivity contribution in [1.82, 2.24) is 0 Å². The standard InChI is InChI=1S/C15H16BrNO3/c1-9-6-7-10(16)8-13(9)17-14(18)11-4-2-3-5-12(11)15(19)20/h2-3,6-8,11-12H,4-5H2,1H3,(H,17,18)(H,19,20). The molecule has 0 saturated carbocycles. The van der Waals surface area contributed by atoms with Gasteiger partial charge in [-0.05, 0) is 37.5 Å². The first-order valence-corrected chi connectivity index (χ1v) is 7.23. The van der Waals surface area contributed by atoms with Gasteiger partial charge in [-0.3, -0.25) is 9.59 Å². The van der Waals surface area contributed by atoms with Gasteiger partial charge in [0, 0.05) is 10.2 Å². The first-order valence-electron chi connectivity index (χ1n) is 6.44. The van der Waals surface area contributed by atoms with E-state index < -0.39 is 17.8 Å². The Balaban J connectivity index is 2.16. The summed E-state index contributed by atoms with van der Waals surface area (Å²) >= 11 is 3.36. The van der Waals surface area contributed by atoms with E-state index in [1.165, 1.54) is 0 Å². The molecule has 106 valence electrons. The van der Waals surface area contributed by atoms with Crippen LogP contribution in [0.25, 0.3) is 0 Å². The molecule has 5 heteroatoms. The average molecular weight is 338 g/mol. The molecule has 2 N–H and O–H groups in total. The zero-order valence-corrected chi connectivity index (χ0v) is 12.7. The number of nitrogens with one attached hydrogen (secondary N) is 1. The molecule has 2 rings (SSSR count). The Morgan fingerprint density at radius 2 is 1.90 bits per heavy atom. The summed E-state index contributed by atoms with van der Waals surface area (Å²) in [5, 5.41) is 12.0. The average Bonchev–Trinajstić information content (AvgIpc) is 2.42. The van der Waals surface area contributed by atoms with Crippen molar-refractivity contribution in [2.45, 2.75) is 19.8 Å². The lowest BCUT2D eigenvalue weighted by Gasteiger charge is -2.24. The summed E-state index contributed by atoms with van der Waals surface area (Å²) in [6.07, 6.45) is 4.57. The van der Waals surface area contributed by atoms with E-state index in [9.17, 15) is 14.7 Å². The normalized spacial score (nSPS) is 21.5. The molecule has 1 amide bonds. The molecule has 0 spiro atoms. The van der Waals surface area contributed by atoms with Gasteiger partial charge in [-0.2, -0.15) is 0 Å². The molecular weight excluding hydrogens is 322 g/mol. The van der Waals surface area contributed by atoms with Gasteiger partial charge in [-0.25, -0.2) is 0 Å². The molecule has 1 aliphatic carbocycles. The van der Waals surface area contributed by atoms with Crippen LogP contribution in [0.5, 0.6) is 0 Å². The Bertz CT molecular complexity index is 568. The van der Waals surface area contributed by atoms with Gasteiger partial charge in [0.05, 0.1) is 11.8 Å². The molecule has 2 unspecified atom stereocenters. The van der Waals surface area contributed by atoms with Crippen molar-refractivity contribution in [2.75, 3.05) is 5.32 Å². The van der Waals surface area contributed by atoms with Crippen LogP contribution in [0.15, 0.2) is 34.8 Å². The summed E-state index contributed by atoms with van der Waals surface area (Å²) in [6.45, 7) is 1.90. The molecule has 0 bridgehead atoms. The number of aryl methyl sites for hydroxylation is 1. The van der Waals surface area contributed by atoms with Gasteiger partial charge in [0.1, 0.15) is 0 Å². The molecule has 1 aromatic rings. The van der Waals surface area contributed by atoms with Crippen LogP contribution in [0.1, 0.15) is 18.4 Å². The molecule has 2 atom stereocenters. The molecule has 0 fully saturated rings. The lowest BCUT2D eigenvalue weighted by molar-refractivity contribution is -0.146. The third kappa shape index (κ3) is 3.28. The third-order valence-corrected chi connectivity index (χ3v) is 4.04. The zero-order chi connectivity index (χ0) is 14.7. The van der Waals surface area contributed by atoms with Crippen LogP contribution >= 0.6 is 15.9 Å². The minimum Gasteiger partial charge on any atom is -0.481 e. The Morgan fingerprint density at radius 1 is 1.25 bits per heavy atom. The maximum atomic E-state index is 12.3. The van der Waals surface area contributed by atoms with E-state index in [4.69, 9.17) is 0 Å². The fraction of sp³-hybridized carbons (Fsp3) is 0.333. The highest BCUT2D eigenvalue weighted by Crippen LogP contribution is 2.28. The van der Waals surface area contributed by atoms with Crippen molar-refractivity contribution in [3.05, 3.63) is 40.4 Å². The molecule has 20 heavy (non-hydrogen) atoms. The maximum absolute atomic E-state index is 12.3. The van der Waals surface area contributed by atoms with Crippen LogP contribution in [0.2, 0.25) is 0 Å². The van der Waals surface area contributed by atoms with Crippen molar-refractivity contribution in [3.8, 4) is 0 Å². The molecule has 0 radical (unpaired) electrons. The van der Waals surface area contributed by atoms with E-state index >= 15 is 0 Å². The van der Waals surface area contributed by atoms with E-state index in [1.807, 2.05) is 37.3 Å². The molecule has 0 saturated heterocycles. The van der Waals surface area contributed by atoms with Crippen LogP contribution in [0, 0.1) is 18.8 Å². The fourth-order valence-electron chi connectivity index (χ4n) is 2.33. The third-order valence-electron chi connectivity index (χ3n) is 3.54. The van der Waals surface area contributed by atoms with Crippen molar-refractivity contribution < 1.29 is 14.7 Å². The highest BCUT2D eigenvalue weighted by Gasteiger charge is 2.34. The second-order valence-corrected chi connectivity index (χ2v) is 5.86. The highest BCUT2D eigenvalue weighted by molar-refractivity contribution is 9.10. The van der Waals surface area contributed by atoms with Gasteiger partial charge in [0.15, 0.2) is 0 Å². The van der Waals surface area contributed by atoms with Gasteiger partial charge in [-0.1, -0.05) is 34.1 Å². The van der Waals surface area contributed by atoms with Crippen molar-refractivity contribution in [1.29, 1.82) is 0 Å². The Kier molecular flexibility index (Phi) is 4.60. The number of carboxylic acids is 1. The lowest BCUT2D eigenvalue weighted by Crippen LogP contribution is -2.34. The van der Waals surface area contributed by atoms with Gasteiger partial charge in [-0.15, -0.1) is 0 Å². The molecule has 4 nitrogen and oxygen atoms in total. The number of halogens is 1. The molecule has 1 aromatic carbocycles. The van der Waals surface area contributed by atoms with Crippen LogP contribution in [0.4, 0.5) is 5.69 Å². The first-order chi connectivity index (χ1) is 9.49. The number of hydrogen-bond donors (Lipinski definition) is 2. The predicted molar refractivity (Wildman–Crippen MR) is 80.5 cm³/mol. The number of aliphatic carboxylic acids is 1. The number of benzene rings is 1. The number of allylic oxidation sites excluding steroid dienone is 2. The summed E-state index contributed by atoms with van der Waals surface area (Å²) in [7, 11) is 0. The van der Waals surface area contributed by atoms with Gasteiger partial charge in [0.2, 0.25) is 5.91 Å². The minimum absolute atomic E-state index is 0.233. The van der Waals surface area contributed by atoms with Crippen LogP contribution in [-0.4, -0.2) is 17.0 Å². The second-order valence-electron chi connectivity index (χ2n) is 4.94. The Hall–Kier alpha value is -1.62. The molecular formula is C15H16BrNO3. The van der Waals surface area contributed by atoms with E-state index in [1.54, 1.807) is 0 Å². The number of carbonyl (C=O) groups excluding carboxylic acids is 1. The summed E-state index contributed by atoms with van der Waals surface area (Å²) in [4.78, 5) is 23.5. The molecule has 0 aliphatic heterocycles. The van der Waals surface area contributed by atoms with Crippen molar-refractivity contribution >= 4 is 33.5 Å². The van der Waals surface area contributed by atoms with Gasteiger partial charge >= 0.3 is 5.97 Å². The van der Waals surface area contributed by atoms with E-state index in [2.05, 4.69) is 21.2 Å². The largest absolute Gasteiger partial charge is 0.481 e. The fourth-order valence-corrected chi connectivity index (χ4v) is 2.69. The van der Waals surface area contributed by atoms with Crippen molar-refractivity contribution in [2.24, 2.45) is 11.8 Å². The molecule has 1 aliphatic rings. The summed E-state index contributed by atoms with van der Waals surface area (Å²) < 4.78 is 0.872. The number of rotatable bonds is 3. The predicted octanol–water partition coefficient (Wildman–Crippen LogP) is 3.36. The summed E-state index contributed by atoms with van der Waals surface area (Å²) in [6, 6.07) is 5.62. The molecule has 0 heterocycles. The maximum Gasteiger partial charge on any atom is 0.307 e. The van der Waals surface area contributed by atoms with Crippen LogP contribution in [0.3, 0.4) is 0 Å². The number of amides is 1. The Morgan fingerprint density at radius 3 is 2.55 bits per heavy atom. The quantitative estimate of drug-likeness (QED) is 0.831. The van der Waals surface area contributed by atoms with Crippen molar-refractivity contribution in [3.63, 3.8) is 0 Å². The number of anilines is 1. The number of carboxylic acid groups (broad SMARTS) is 1. The highest BCUT2D eigenvalue weighted by atomic mass is 79.9. The number of hydrogen-bond acceptors (Lipinski definition) is 2. The zero-order valence-electron chi connectivity index (χ0n) is 11.1. The summed E-state index contributed by atoms with van der Waals surface area (Å²) in [5.41, 5.74) is 1.66. The summed E-state index contributed by atoms with van der Waals surface area (Å²) in [5.74, 6) is -2.31.